The number of carbonyl (C=O) groups is 1. The van der Waals surface area contributed by atoms with Crippen molar-refractivity contribution < 1.29 is 23.1 Å². The van der Waals surface area contributed by atoms with Gasteiger partial charge in [-0.25, -0.2) is 17.9 Å². The molecule has 0 radical (unpaired) electrons. The molecule has 0 aromatic heterocycles. The predicted octanol–water partition coefficient (Wildman–Crippen LogP) is 1.65. The zero-order chi connectivity index (χ0) is 16.0. The highest BCUT2D eigenvalue weighted by molar-refractivity contribution is 7.89. The third-order valence-corrected chi connectivity index (χ3v) is 4.52. The van der Waals surface area contributed by atoms with Crippen molar-refractivity contribution in [2.24, 2.45) is 0 Å². The number of carboxylic acids is 1. The van der Waals surface area contributed by atoms with Gasteiger partial charge in [-0.15, -0.1) is 0 Å². The Bertz CT molecular complexity index is 597. The van der Waals surface area contributed by atoms with Gasteiger partial charge in [0.25, 0.3) is 0 Å². The molecule has 1 atom stereocenters. The molecule has 1 rings (SSSR count). The average molecular weight is 315 g/mol. The van der Waals surface area contributed by atoms with Crippen LogP contribution in [0.5, 0.6) is 0 Å². The van der Waals surface area contributed by atoms with Gasteiger partial charge in [0.15, 0.2) is 0 Å². The number of aromatic carboxylic acids is 1. The first-order valence-electron chi connectivity index (χ1n) is 6.78. The lowest BCUT2D eigenvalue weighted by molar-refractivity contribution is 0.0695. The molecular formula is C14H21NO5S. The van der Waals surface area contributed by atoms with Crippen LogP contribution in [0.4, 0.5) is 0 Å². The summed E-state index contributed by atoms with van der Waals surface area (Å²) in [5, 5.41) is 9.15. The Morgan fingerprint density at radius 1 is 1.38 bits per heavy atom. The number of benzene rings is 1. The smallest absolute Gasteiger partial charge is 0.336 e. The van der Waals surface area contributed by atoms with E-state index in [0.717, 1.165) is 0 Å². The largest absolute Gasteiger partial charge is 0.478 e. The molecule has 0 aliphatic heterocycles. The Morgan fingerprint density at radius 3 is 2.57 bits per heavy atom. The maximum absolute atomic E-state index is 12.2. The number of ether oxygens (including phenoxy) is 1. The number of aryl methyl sites for hydroxylation is 1. The summed E-state index contributed by atoms with van der Waals surface area (Å²) < 4.78 is 32.1. The molecule has 0 spiro atoms. The van der Waals surface area contributed by atoms with Gasteiger partial charge in [0, 0.05) is 12.6 Å². The van der Waals surface area contributed by atoms with Gasteiger partial charge in [0.1, 0.15) is 0 Å². The first-order valence-corrected chi connectivity index (χ1v) is 8.26. The van der Waals surface area contributed by atoms with Gasteiger partial charge in [-0.1, -0.05) is 13.0 Å². The molecule has 1 aromatic carbocycles. The summed E-state index contributed by atoms with van der Waals surface area (Å²) in [5.74, 6) is -1.13. The van der Waals surface area contributed by atoms with Crippen LogP contribution in [0.3, 0.4) is 0 Å². The molecule has 0 aliphatic rings. The molecule has 0 aliphatic carbocycles. The van der Waals surface area contributed by atoms with Crippen LogP contribution in [0.1, 0.15) is 36.7 Å². The van der Waals surface area contributed by atoms with Crippen LogP contribution in [0.2, 0.25) is 0 Å². The molecule has 1 unspecified atom stereocenters. The summed E-state index contributed by atoms with van der Waals surface area (Å²) in [6, 6.07) is 3.75. The van der Waals surface area contributed by atoms with Crippen LogP contribution in [0.15, 0.2) is 23.1 Å². The summed E-state index contributed by atoms with van der Waals surface area (Å²) in [4.78, 5) is 11.1. The minimum Gasteiger partial charge on any atom is -0.478 e. The van der Waals surface area contributed by atoms with Gasteiger partial charge < -0.3 is 9.84 Å². The van der Waals surface area contributed by atoms with E-state index in [1.807, 2.05) is 13.8 Å². The van der Waals surface area contributed by atoms with Crippen LogP contribution in [-0.4, -0.2) is 38.7 Å². The zero-order valence-corrected chi connectivity index (χ0v) is 13.2. The summed E-state index contributed by atoms with van der Waals surface area (Å²) in [6.07, 6.45) is 0.524. The summed E-state index contributed by atoms with van der Waals surface area (Å²) in [6.45, 7) is 6.09. The third-order valence-electron chi connectivity index (χ3n) is 2.93. The SMILES string of the molecule is CCOCC(C)NS(=O)(=O)c1ccc(CC)c(C(=O)O)c1. The molecule has 0 heterocycles. The quantitative estimate of drug-likeness (QED) is 0.761. The van der Waals surface area contributed by atoms with E-state index in [1.165, 1.54) is 18.2 Å². The van der Waals surface area contributed by atoms with E-state index in [-0.39, 0.29) is 17.1 Å². The highest BCUT2D eigenvalue weighted by Crippen LogP contribution is 2.17. The topological polar surface area (TPSA) is 92.7 Å². The number of hydrogen-bond acceptors (Lipinski definition) is 4. The Morgan fingerprint density at radius 2 is 2.05 bits per heavy atom. The lowest BCUT2D eigenvalue weighted by Gasteiger charge is -2.15. The lowest BCUT2D eigenvalue weighted by Crippen LogP contribution is -2.36. The standard InChI is InChI=1S/C14H21NO5S/c1-4-11-6-7-12(8-13(11)14(16)17)21(18,19)15-10(3)9-20-5-2/h6-8,10,15H,4-5,9H2,1-3H3,(H,16,17). The molecule has 2 N–H and O–H groups in total. The van der Waals surface area contributed by atoms with Gasteiger partial charge in [-0.05, 0) is 38.0 Å². The van der Waals surface area contributed by atoms with Crippen LogP contribution in [0.25, 0.3) is 0 Å². The highest BCUT2D eigenvalue weighted by Gasteiger charge is 2.20. The van der Waals surface area contributed by atoms with Crippen molar-refractivity contribution in [2.45, 2.75) is 38.1 Å². The molecule has 7 heteroatoms. The molecule has 1 aromatic rings. The van der Waals surface area contributed by atoms with E-state index in [1.54, 1.807) is 6.92 Å². The fraction of sp³-hybridized carbons (Fsp3) is 0.500. The van der Waals surface area contributed by atoms with E-state index >= 15 is 0 Å². The molecule has 0 bridgehead atoms. The number of nitrogens with one attached hydrogen (secondary N) is 1. The van der Waals surface area contributed by atoms with Gasteiger partial charge in [0.05, 0.1) is 17.1 Å². The zero-order valence-electron chi connectivity index (χ0n) is 12.4. The Kier molecular flexibility index (Phi) is 6.32. The molecule has 0 amide bonds. The maximum atomic E-state index is 12.2. The fourth-order valence-corrected chi connectivity index (χ4v) is 3.15. The first kappa shape index (κ1) is 17.6. The monoisotopic (exact) mass is 315 g/mol. The van der Waals surface area contributed by atoms with Gasteiger partial charge in [-0.3, -0.25) is 0 Å². The second-order valence-electron chi connectivity index (χ2n) is 4.66. The Balaban J connectivity index is 3.03. The van der Waals surface area contributed by atoms with Crippen molar-refractivity contribution in [1.29, 1.82) is 0 Å². The number of hydrogen-bond donors (Lipinski definition) is 2. The van der Waals surface area contributed by atoms with Crippen molar-refractivity contribution in [3.8, 4) is 0 Å². The van der Waals surface area contributed by atoms with Crippen LogP contribution < -0.4 is 4.72 Å². The fourth-order valence-electron chi connectivity index (χ4n) is 1.89. The van der Waals surface area contributed by atoms with Crippen molar-refractivity contribution in [3.63, 3.8) is 0 Å². The summed E-state index contributed by atoms with van der Waals surface area (Å²) >= 11 is 0. The Labute approximate surface area is 125 Å². The van der Waals surface area contributed by atoms with Crippen molar-refractivity contribution in [3.05, 3.63) is 29.3 Å². The average Bonchev–Trinajstić information content (AvgIpc) is 2.43. The summed E-state index contributed by atoms with van der Waals surface area (Å²) in [5.41, 5.74) is 0.613. The van der Waals surface area contributed by atoms with E-state index in [2.05, 4.69) is 4.72 Å². The minimum atomic E-state index is -3.76. The molecule has 6 nitrogen and oxygen atoms in total. The maximum Gasteiger partial charge on any atom is 0.336 e. The van der Waals surface area contributed by atoms with E-state index in [4.69, 9.17) is 9.84 Å². The van der Waals surface area contributed by atoms with Gasteiger partial charge in [-0.2, -0.15) is 0 Å². The van der Waals surface area contributed by atoms with Gasteiger partial charge >= 0.3 is 5.97 Å². The number of carboxylic acid groups (broad SMARTS) is 1. The second-order valence-corrected chi connectivity index (χ2v) is 6.37. The molecular weight excluding hydrogens is 294 g/mol. The van der Waals surface area contributed by atoms with Gasteiger partial charge in [0.2, 0.25) is 10.0 Å². The molecule has 0 fully saturated rings. The third kappa shape index (κ3) is 4.80. The van der Waals surface area contributed by atoms with Crippen molar-refractivity contribution in [2.75, 3.05) is 13.2 Å². The van der Waals surface area contributed by atoms with Crippen LogP contribution >= 0.6 is 0 Å². The molecule has 118 valence electrons. The van der Waals surface area contributed by atoms with E-state index in [0.29, 0.717) is 18.6 Å². The van der Waals surface area contributed by atoms with Crippen molar-refractivity contribution in [1.82, 2.24) is 4.72 Å². The first-order chi connectivity index (χ1) is 9.81. The number of sulfonamides is 1. The molecule has 21 heavy (non-hydrogen) atoms. The van der Waals surface area contributed by atoms with E-state index in [9.17, 15) is 13.2 Å². The molecule has 0 saturated carbocycles. The van der Waals surface area contributed by atoms with E-state index < -0.39 is 22.0 Å². The minimum absolute atomic E-state index is 0.0119. The predicted molar refractivity (Wildman–Crippen MR) is 79.1 cm³/mol. The highest BCUT2D eigenvalue weighted by atomic mass is 32.2. The summed E-state index contributed by atoms with van der Waals surface area (Å²) in [7, 11) is -3.76. The van der Waals surface area contributed by atoms with Crippen LogP contribution in [-0.2, 0) is 21.2 Å². The van der Waals surface area contributed by atoms with Crippen molar-refractivity contribution >= 4 is 16.0 Å². The van der Waals surface area contributed by atoms with Crippen LogP contribution in [0, 0.1) is 0 Å². The normalized spacial score (nSPS) is 13.1. The number of rotatable bonds is 8. The second kappa shape index (κ2) is 7.53. The molecule has 0 saturated heterocycles. The lowest BCUT2D eigenvalue weighted by atomic mass is 10.1. The Hall–Kier alpha value is -1.44.